The van der Waals surface area contributed by atoms with E-state index >= 15 is 4.39 Å². The van der Waals surface area contributed by atoms with Crippen LogP contribution in [0.3, 0.4) is 0 Å². The number of anilines is 1. The third kappa shape index (κ3) is 4.23. The summed E-state index contributed by atoms with van der Waals surface area (Å²) in [7, 11) is -3.38. The maximum Gasteiger partial charge on any atom is 0.260 e. The summed E-state index contributed by atoms with van der Waals surface area (Å²) >= 11 is 1.11. The van der Waals surface area contributed by atoms with Crippen molar-refractivity contribution in [1.82, 2.24) is 24.6 Å². The quantitative estimate of drug-likeness (QED) is 0.310. The molecule has 2 aromatic carbocycles. The van der Waals surface area contributed by atoms with Gasteiger partial charge in [0.1, 0.15) is 11.5 Å². The van der Waals surface area contributed by atoms with Crippen molar-refractivity contribution in [3.05, 3.63) is 84.2 Å². The number of nitrogens with zero attached hydrogens (tertiary/aromatic N) is 4. The van der Waals surface area contributed by atoms with Gasteiger partial charge in [-0.2, -0.15) is 5.10 Å². The van der Waals surface area contributed by atoms with Gasteiger partial charge in [0.25, 0.3) is 5.91 Å². The van der Waals surface area contributed by atoms with Crippen molar-refractivity contribution in [1.29, 1.82) is 0 Å². The molecular weight excluding hydrogens is 527 g/mol. The van der Waals surface area contributed by atoms with Crippen LogP contribution in [0.5, 0.6) is 0 Å². The largest absolute Gasteiger partial charge is 0.299 e. The van der Waals surface area contributed by atoms with Gasteiger partial charge in [-0.05, 0) is 49.4 Å². The first-order valence-electron chi connectivity index (χ1n) is 11.4. The first-order valence-corrected chi connectivity index (χ1v) is 14.1. The zero-order valence-electron chi connectivity index (χ0n) is 20.1. The van der Waals surface area contributed by atoms with Crippen LogP contribution in [0.1, 0.15) is 16.1 Å². The van der Waals surface area contributed by atoms with E-state index < -0.39 is 21.6 Å². The lowest BCUT2D eigenvalue weighted by Crippen LogP contribution is -2.13. The first kappa shape index (κ1) is 23.9. The predicted octanol–water partition coefficient (Wildman–Crippen LogP) is 5.10. The lowest BCUT2D eigenvalue weighted by molar-refractivity contribution is 0.102. The van der Waals surface area contributed by atoms with E-state index in [0.29, 0.717) is 27.1 Å². The van der Waals surface area contributed by atoms with Crippen LogP contribution >= 0.6 is 11.3 Å². The van der Waals surface area contributed by atoms with Gasteiger partial charge < -0.3 is 0 Å². The molecule has 0 aliphatic carbocycles. The standard InChI is InChI=1S/C26H19FN6O3S2/c1-14-19(11-29-32-14)16-4-8-24-28-12-22(33(24)13-16)15-3-6-18(20(27)9-15)25(34)31-26-30-21-7-5-17(38(2,35)36)10-23(21)37-26/h3-13H,1-2H3,(H,29,32)(H,30,31,34). The predicted molar refractivity (Wildman–Crippen MR) is 144 cm³/mol. The zero-order chi connectivity index (χ0) is 26.6. The first-order chi connectivity index (χ1) is 18.2. The molecule has 0 unspecified atom stereocenters. The number of thiazole rings is 1. The Hall–Kier alpha value is -4.42. The van der Waals surface area contributed by atoms with Gasteiger partial charge in [0.05, 0.1) is 38.8 Å². The SMILES string of the molecule is Cc1[nH]ncc1-c1ccc2ncc(-c3ccc(C(=O)Nc4nc5ccc(S(C)(=O)=O)cc5s4)c(F)c3)n2c1. The molecule has 0 atom stereocenters. The number of aromatic amines is 1. The van der Waals surface area contributed by atoms with Crippen LogP contribution in [0.15, 0.2) is 72.0 Å². The Morgan fingerprint density at radius 3 is 2.63 bits per heavy atom. The van der Waals surface area contributed by atoms with E-state index in [9.17, 15) is 13.2 Å². The number of sulfone groups is 1. The molecule has 2 N–H and O–H groups in total. The van der Waals surface area contributed by atoms with E-state index in [1.807, 2.05) is 29.7 Å². The van der Waals surface area contributed by atoms with Gasteiger partial charge in [-0.1, -0.05) is 17.4 Å². The minimum Gasteiger partial charge on any atom is -0.299 e. The number of amides is 1. The zero-order valence-corrected chi connectivity index (χ0v) is 21.7. The van der Waals surface area contributed by atoms with E-state index in [0.717, 1.165) is 34.4 Å². The molecule has 38 heavy (non-hydrogen) atoms. The second-order valence-corrected chi connectivity index (χ2v) is 11.8. The van der Waals surface area contributed by atoms with Crippen molar-refractivity contribution in [2.45, 2.75) is 11.8 Å². The number of hydrogen-bond acceptors (Lipinski definition) is 7. The van der Waals surface area contributed by atoms with Crippen LogP contribution in [0.2, 0.25) is 0 Å². The highest BCUT2D eigenvalue weighted by atomic mass is 32.2. The molecule has 0 bridgehead atoms. The number of carbonyl (C=O) groups is 1. The summed E-state index contributed by atoms with van der Waals surface area (Å²) in [6.45, 7) is 1.93. The van der Waals surface area contributed by atoms with Crippen molar-refractivity contribution in [3.63, 3.8) is 0 Å². The van der Waals surface area contributed by atoms with Gasteiger partial charge in [0.15, 0.2) is 15.0 Å². The Labute approximate surface area is 219 Å². The topological polar surface area (TPSA) is 122 Å². The summed E-state index contributed by atoms with van der Waals surface area (Å²) < 4.78 is 41.2. The molecule has 1 amide bonds. The number of nitrogens with one attached hydrogen (secondary N) is 2. The van der Waals surface area contributed by atoms with Crippen molar-refractivity contribution in [2.24, 2.45) is 0 Å². The Kier molecular flexibility index (Phi) is 5.58. The Morgan fingerprint density at radius 2 is 1.89 bits per heavy atom. The molecule has 4 aromatic heterocycles. The van der Waals surface area contributed by atoms with Crippen LogP contribution in [0.25, 0.3) is 38.2 Å². The summed E-state index contributed by atoms with van der Waals surface area (Å²) in [5, 5.41) is 9.85. The monoisotopic (exact) mass is 546 g/mol. The number of H-pyrrole nitrogens is 1. The van der Waals surface area contributed by atoms with Gasteiger partial charge in [0, 0.05) is 34.8 Å². The normalized spacial score (nSPS) is 11.9. The molecule has 0 spiro atoms. The number of aromatic nitrogens is 5. The number of hydrogen-bond donors (Lipinski definition) is 2. The van der Waals surface area contributed by atoms with E-state index in [4.69, 9.17) is 0 Å². The maximum atomic E-state index is 15.2. The summed E-state index contributed by atoms with van der Waals surface area (Å²) in [6.07, 6.45) is 6.44. The van der Waals surface area contributed by atoms with Gasteiger partial charge in [-0.25, -0.2) is 22.8 Å². The van der Waals surface area contributed by atoms with E-state index in [1.54, 1.807) is 24.5 Å². The highest BCUT2D eigenvalue weighted by Crippen LogP contribution is 2.30. The van der Waals surface area contributed by atoms with Crippen LogP contribution in [0, 0.1) is 12.7 Å². The van der Waals surface area contributed by atoms with Crippen LogP contribution < -0.4 is 5.32 Å². The molecule has 190 valence electrons. The third-order valence-corrected chi connectivity index (χ3v) is 8.21. The number of pyridine rings is 1. The molecule has 0 aliphatic rings. The maximum absolute atomic E-state index is 15.2. The lowest BCUT2D eigenvalue weighted by Gasteiger charge is -2.08. The van der Waals surface area contributed by atoms with Crippen molar-refractivity contribution >= 4 is 48.1 Å². The van der Waals surface area contributed by atoms with Gasteiger partial charge in [0.2, 0.25) is 0 Å². The minimum atomic E-state index is -3.38. The highest BCUT2D eigenvalue weighted by molar-refractivity contribution is 7.90. The Morgan fingerprint density at radius 1 is 1.08 bits per heavy atom. The Bertz CT molecular complexity index is 1990. The molecule has 0 saturated heterocycles. The van der Waals surface area contributed by atoms with Gasteiger partial charge >= 0.3 is 0 Å². The van der Waals surface area contributed by atoms with Gasteiger partial charge in [-0.3, -0.25) is 19.6 Å². The summed E-state index contributed by atoms with van der Waals surface area (Å²) in [5.74, 6) is -1.36. The molecule has 0 saturated carbocycles. The molecule has 9 nitrogen and oxygen atoms in total. The molecular formula is C26H19FN6O3S2. The molecule has 12 heteroatoms. The number of rotatable bonds is 5. The fourth-order valence-electron chi connectivity index (χ4n) is 4.21. The summed E-state index contributed by atoms with van der Waals surface area (Å²) in [4.78, 5) is 21.7. The summed E-state index contributed by atoms with van der Waals surface area (Å²) in [6, 6.07) is 12.7. The fraction of sp³-hybridized carbons (Fsp3) is 0.0769. The van der Waals surface area contributed by atoms with Crippen molar-refractivity contribution in [3.8, 4) is 22.4 Å². The molecule has 0 aliphatic heterocycles. The molecule has 6 rings (SSSR count). The molecule has 0 radical (unpaired) electrons. The number of fused-ring (bicyclic) bond motifs is 2. The molecule has 6 aromatic rings. The van der Waals surface area contributed by atoms with Crippen molar-refractivity contribution < 1.29 is 17.6 Å². The number of aryl methyl sites for hydroxylation is 1. The average Bonchev–Trinajstić information content (AvgIpc) is 3.59. The minimum absolute atomic E-state index is 0.145. The average molecular weight is 547 g/mol. The molecule has 0 fully saturated rings. The second-order valence-electron chi connectivity index (χ2n) is 8.77. The number of imidazole rings is 1. The highest BCUT2D eigenvalue weighted by Gasteiger charge is 2.18. The number of carbonyl (C=O) groups excluding carboxylic acids is 1. The van der Waals surface area contributed by atoms with Crippen LogP contribution in [-0.4, -0.2) is 45.1 Å². The lowest BCUT2D eigenvalue weighted by atomic mass is 10.1. The number of benzene rings is 2. The molecule has 4 heterocycles. The second kappa shape index (κ2) is 8.85. The van der Waals surface area contributed by atoms with Crippen LogP contribution in [0.4, 0.5) is 9.52 Å². The Balaban J connectivity index is 1.29. The van der Waals surface area contributed by atoms with Crippen LogP contribution in [-0.2, 0) is 9.84 Å². The van der Waals surface area contributed by atoms with Gasteiger partial charge in [-0.15, -0.1) is 0 Å². The van der Waals surface area contributed by atoms with E-state index in [2.05, 4.69) is 25.5 Å². The van der Waals surface area contributed by atoms with E-state index in [1.165, 1.54) is 24.3 Å². The third-order valence-electron chi connectivity index (χ3n) is 6.16. The fourth-order valence-corrected chi connectivity index (χ4v) is 5.83. The van der Waals surface area contributed by atoms with E-state index in [-0.39, 0.29) is 15.6 Å². The number of halogens is 1. The smallest absolute Gasteiger partial charge is 0.260 e. The summed E-state index contributed by atoms with van der Waals surface area (Å²) in [5.41, 5.74) is 5.12. The van der Waals surface area contributed by atoms with Crippen molar-refractivity contribution in [2.75, 3.05) is 11.6 Å².